The minimum Gasteiger partial charge on any atom is -0.393 e. The van der Waals surface area contributed by atoms with E-state index < -0.39 is 0 Å². The van der Waals surface area contributed by atoms with Gasteiger partial charge in [0.15, 0.2) is 0 Å². The predicted octanol–water partition coefficient (Wildman–Crippen LogP) is 2.59. The SMILES string of the molecule is COCCc1nc(C)c(C(C)NC2CCC(O)CC2)s1. The number of nitrogens with zero attached hydrogens (tertiary/aromatic N) is 1. The van der Waals surface area contributed by atoms with Crippen molar-refractivity contribution in [3.8, 4) is 0 Å². The summed E-state index contributed by atoms with van der Waals surface area (Å²) >= 11 is 1.79. The van der Waals surface area contributed by atoms with Crippen molar-refractivity contribution in [1.82, 2.24) is 10.3 Å². The maximum absolute atomic E-state index is 9.56. The second kappa shape index (κ2) is 7.50. The van der Waals surface area contributed by atoms with Crippen LogP contribution in [0.4, 0.5) is 0 Å². The Kier molecular flexibility index (Phi) is 5.96. The van der Waals surface area contributed by atoms with E-state index in [4.69, 9.17) is 4.74 Å². The van der Waals surface area contributed by atoms with Crippen molar-refractivity contribution >= 4 is 11.3 Å². The number of rotatable bonds is 6. The number of aliphatic hydroxyl groups excluding tert-OH is 1. The number of nitrogens with one attached hydrogen (secondary N) is 1. The molecular formula is C15H26N2O2S. The molecule has 2 rings (SSSR count). The smallest absolute Gasteiger partial charge is 0.0954 e. The number of aliphatic hydroxyl groups is 1. The summed E-state index contributed by atoms with van der Waals surface area (Å²) in [5.74, 6) is 0. The Bertz CT molecular complexity index is 414. The summed E-state index contributed by atoms with van der Waals surface area (Å²) in [7, 11) is 1.73. The molecule has 5 heteroatoms. The second-order valence-corrected chi connectivity index (χ2v) is 6.81. The predicted molar refractivity (Wildman–Crippen MR) is 82.2 cm³/mol. The zero-order valence-electron chi connectivity index (χ0n) is 12.7. The van der Waals surface area contributed by atoms with Crippen LogP contribution in [-0.2, 0) is 11.2 Å². The lowest BCUT2D eigenvalue weighted by molar-refractivity contribution is 0.114. The Morgan fingerprint density at radius 3 is 2.75 bits per heavy atom. The number of aryl methyl sites for hydroxylation is 1. The molecule has 1 atom stereocenters. The van der Waals surface area contributed by atoms with Crippen molar-refractivity contribution < 1.29 is 9.84 Å². The highest BCUT2D eigenvalue weighted by atomic mass is 32.1. The van der Waals surface area contributed by atoms with E-state index in [9.17, 15) is 5.11 Å². The van der Waals surface area contributed by atoms with Gasteiger partial charge in [-0.1, -0.05) is 0 Å². The Labute approximate surface area is 125 Å². The lowest BCUT2D eigenvalue weighted by Crippen LogP contribution is -2.36. The van der Waals surface area contributed by atoms with E-state index in [1.165, 1.54) is 4.88 Å². The maximum atomic E-state index is 9.56. The zero-order valence-corrected chi connectivity index (χ0v) is 13.5. The maximum Gasteiger partial charge on any atom is 0.0954 e. The summed E-state index contributed by atoms with van der Waals surface area (Å²) in [5, 5.41) is 14.4. The molecule has 0 saturated heterocycles. The Morgan fingerprint density at radius 2 is 2.10 bits per heavy atom. The molecule has 1 unspecified atom stereocenters. The summed E-state index contributed by atoms with van der Waals surface area (Å²) in [6.07, 6.45) is 4.79. The average molecular weight is 298 g/mol. The number of methoxy groups -OCH3 is 1. The quantitative estimate of drug-likeness (QED) is 0.847. The molecule has 0 spiro atoms. The number of ether oxygens (including phenoxy) is 1. The van der Waals surface area contributed by atoms with Crippen molar-refractivity contribution in [2.75, 3.05) is 13.7 Å². The highest BCUT2D eigenvalue weighted by Gasteiger charge is 2.22. The molecule has 1 fully saturated rings. The number of aromatic nitrogens is 1. The van der Waals surface area contributed by atoms with E-state index in [1.54, 1.807) is 18.4 Å². The van der Waals surface area contributed by atoms with Crippen LogP contribution in [0.1, 0.15) is 54.2 Å². The van der Waals surface area contributed by atoms with Crippen LogP contribution in [0.2, 0.25) is 0 Å². The minimum absolute atomic E-state index is 0.0888. The minimum atomic E-state index is -0.0888. The fraction of sp³-hybridized carbons (Fsp3) is 0.800. The van der Waals surface area contributed by atoms with E-state index >= 15 is 0 Å². The third-order valence-electron chi connectivity index (χ3n) is 3.97. The molecule has 20 heavy (non-hydrogen) atoms. The van der Waals surface area contributed by atoms with Gasteiger partial charge >= 0.3 is 0 Å². The lowest BCUT2D eigenvalue weighted by atomic mass is 9.92. The van der Waals surface area contributed by atoms with Gasteiger partial charge in [0.2, 0.25) is 0 Å². The number of hydrogen-bond acceptors (Lipinski definition) is 5. The molecule has 1 aromatic rings. The van der Waals surface area contributed by atoms with Crippen molar-refractivity contribution in [1.29, 1.82) is 0 Å². The van der Waals surface area contributed by atoms with Gasteiger partial charge in [-0.05, 0) is 39.5 Å². The number of thiazole rings is 1. The molecule has 2 N–H and O–H groups in total. The van der Waals surface area contributed by atoms with Crippen molar-refractivity contribution in [3.05, 3.63) is 15.6 Å². The van der Waals surface area contributed by atoms with Gasteiger partial charge in [0.25, 0.3) is 0 Å². The molecule has 1 aromatic heterocycles. The van der Waals surface area contributed by atoms with E-state index in [0.29, 0.717) is 12.1 Å². The second-order valence-electron chi connectivity index (χ2n) is 5.69. The first kappa shape index (κ1) is 15.9. The molecule has 1 aliphatic carbocycles. The van der Waals surface area contributed by atoms with Crippen LogP contribution >= 0.6 is 11.3 Å². The summed E-state index contributed by atoms with van der Waals surface area (Å²) in [6.45, 7) is 5.03. The highest BCUT2D eigenvalue weighted by Crippen LogP contribution is 2.28. The third-order valence-corrected chi connectivity index (χ3v) is 5.37. The molecule has 1 heterocycles. The topological polar surface area (TPSA) is 54.4 Å². The van der Waals surface area contributed by atoms with Crippen LogP contribution in [0.3, 0.4) is 0 Å². The van der Waals surface area contributed by atoms with Gasteiger partial charge in [-0.15, -0.1) is 11.3 Å². The molecule has 0 radical (unpaired) electrons. The first-order chi connectivity index (χ1) is 9.60. The van der Waals surface area contributed by atoms with Gasteiger partial charge in [0, 0.05) is 30.5 Å². The molecule has 0 amide bonds. The zero-order chi connectivity index (χ0) is 14.5. The molecular weight excluding hydrogens is 272 g/mol. The molecule has 4 nitrogen and oxygen atoms in total. The van der Waals surface area contributed by atoms with Gasteiger partial charge in [-0.25, -0.2) is 4.98 Å². The molecule has 0 aromatic carbocycles. The summed E-state index contributed by atoms with van der Waals surface area (Å²) in [4.78, 5) is 5.97. The van der Waals surface area contributed by atoms with Crippen molar-refractivity contribution in [2.45, 2.75) is 64.1 Å². The first-order valence-corrected chi connectivity index (χ1v) is 8.31. The van der Waals surface area contributed by atoms with Crippen LogP contribution < -0.4 is 5.32 Å². The normalized spacial score (nSPS) is 24.8. The van der Waals surface area contributed by atoms with Crippen LogP contribution in [0.25, 0.3) is 0 Å². The van der Waals surface area contributed by atoms with Crippen LogP contribution in [0, 0.1) is 6.92 Å². The monoisotopic (exact) mass is 298 g/mol. The lowest BCUT2D eigenvalue weighted by Gasteiger charge is -2.28. The summed E-state index contributed by atoms with van der Waals surface area (Å²) in [5.41, 5.74) is 1.14. The Morgan fingerprint density at radius 1 is 1.40 bits per heavy atom. The standard InChI is InChI=1S/C15H26N2O2S/c1-10(16-12-4-6-13(18)7-5-12)15-11(2)17-14(20-15)8-9-19-3/h10,12-13,16,18H,4-9H2,1-3H3. The van der Waals surface area contributed by atoms with Crippen LogP contribution in [0.15, 0.2) is 0 Å². The van der Waals surface area contributed by atoms with Gasteiger partial charge in [-0.2, -0.15) is 0 Å². The molecule has 0 aliphatic heterocycles. The fourth-order valence-electron chi connectivity index (χ4n) is 2.84. The summed E-state index contributed by atoms with van der Waals surface area (Å²) < 4.78 is 5.11. The molecule has 1 saturated carbocycles. The van der Waals surface area contributed by atoms with Gasteiger partial charge < -0.3 is 15.2 Å². The number of hydrogen-bond donors (Lipinski definition) is 2. The third kappa shape index (κ3) is 4.25. The van der Waals surface area contributed by atoms with E-state index in [0.717, 1.165) is 49.4 Å². The van der Waals surface area contributed by atoms with Crippen LogP contribution in [-0.4, -0.2) is 36.0 Å². The van der Waals surface area contributed by atoms with Crippen molar-refractivity contribution in [2.24, 2.45) is 0 Å². The van der Waals surface area contributed by atoms with Gasteiger partial charge in [0.1, 0.15) is 0 Å². The largest absolute Gasteiger partial charge is 0.393 e. The molecule has 0 bridgehead atoms. The fourth-order valence-corrected chi connectivity index (χ4v) is 3.90. The van der Waals surface area contributed by atoms with E-state index in [1.807, 2.05) is 0 Å². The highest BCUT2D eigenvalue weighted by molar-refractivity contribution is 7.11. The van der Waals surface area contributed by atoms with Crippen molar-refractivity contribution in [3.63, 3.8) is 0 Å². The van der Waals surface area contributed by atoms with E-state index in [-0.39, 0.29) is 6.10 Å². The van der Waals surface area contributed by atoms with Gasteiger partial charge in [0.05, 0.1) is 23.4 Å². The molecule has 114 valence electrons. The summed E-state index contributed by atoms with van der Waals surface area (Å²) in [6, 6.07) is 0.862. The first-order valence-electron chi connectivity index (χ1n) is 7.49. The van der Waals surface area contributed by atoms with E-state index in [2.05, 4.69) is 24.1 Å². The average Bonchev–Trinajstić information content (AvgIpc) is 2.80. The molecule has 1 aliphatic rings. The van der Waals surface area contributed by atoms with Crippen LogP contribution in [0.5, 0.6) is 0 Å². The van der Waals surface area contributed by atoms with Gasteiger partial charge in [-0.3, -0.25) is 0 Å². The Balaban J connectivity index is 1.91. The Hall–Kier alpha value is -0.490.